The lowest BCUT2D eigenvalue weighted by atomic mass is 10.1. The van der Waals surface area contributed by atoms with Crippen LogP contribution in [0.1, 0.15) is 25.7 Å². The van der Waals surface area contributed by atoms with Gasteiger partial charge in [0.15, 0.2) is 0 Å². The summed E-state index contributed by atoms with van der Waals surface area (Å²) < 4.78 is 0. The fraction of sp³-hybridized carbons (Fsp3) is 1.00. The Bertz CT molecular complexity index is 251. The molecule has 2 aliphatic heterocycles. The molecule has 1 saturated carbocycles. The van der Waals surface area contributed by atoms with E-state index in [9.17, 15) is 0 Å². The summed E-state index contributed by atoms with van der Waals surface area (Å²) in [6.07, 6.45) is 5.28. The van der Waals surface area contributed by atoms with E-state index in [-0.39, 0.29) is 0 Å². The van der Waals surface area contributed by atoms with Crippen molar-refractivity contribution in [1.29, 1.82) is 0 Å². The first-order valence-corrected chi connectivity index (χ1v) is 7.75. The van der Waals surface area contributed by atoms with Crippen molar-refractivity contribution in [2.24, 2.45) is 5.73 Å². The molecule has 0 unspecified atom stereocenters. The van der Waals surface area contributed by atoms with Crippen molar-refractivity contribution < 1.29 is 0 Å². The molecule has 3 aliphatic rings. The van der Waals surface area contributed by atoms with E-state index in [0.29, 0.717) is 6.04 Å². The van der Waals surface area contributed by atoms with Gasteiger partial charge >= 0.3 is 0 Å². The summed E-state index contributed by atoms with van der Waals surface area (Å²) >= 11 is 0. The first-order valence-electron chi connectivity index (χ1n) is 7.75. The van der Waals surface area contributed by atoms with Crippen LogP contribution in [0.25, 0.3) is 0 Å². The number of hydrogen-bond donors (Lipinski definition) is 1. The SMILES string of the molecule is NC1CCN(CCN2CCN(C3CC3)CC2)CC1. The van der Waals surface area contributed by atoms with Crippen LogP contribution < -0.4 is 5.73 Å². The second-order valence-electron chi connectivity index (χ2n) is 6.29. The van der Waals surface area contributed by atoms with Crippen LogP contribution in [0, 0.1) is 0 Å². The molecule has 4 nitrogen and oxygen atoms in total. The Balaban J connectivity index is 1.31. The second-order valence-corrected chi connectivity index (χ2v) is 6.29. The number of hydrogen-bond acceptors (Lipinski definition) is 4. The van der Waals surface area contributed by atoms with Gasteiger partial charge in [0.2, 0.25) is 0 Å². The monoisotopic (exact) mass is 252 g/mol. The lowest BCUT2D eigenvalue weighted by Crippen LogP contribution is -2.50. The third kappa shape index (κ3) is 3.44. The van der Waals surface area contributed by atoms with Crippen LogP contribution >= 0.6 is 0 Å². The maximum absolute atomic E-state index is 5.94. The third-order valence-corrected chi connectivity index (χ3v) is 4.83. The predicted molar refractivity (Wildman–Crippen MR) is 74.7 cm³/mol. The van der Waals surface area contributed by atoms with Gasteiger partial charge in [-0.25, -0.2) is 0 Å². The van der Waals surface area contributed by atoms with Gasteiger partial charge < -0.3 is 10.6 Å². The summed E-state index contributed by atoms with van der Waals surface area (Å²) in [5.41, 5.74) is 5.94. The molecule has 2 saturated heterocycles. The minimum absolute atomic E-state index is 0.461. The van der Waals surface area contributed by atoms with E-state index in [4.69, 9.17) is 5.73 Å². The van der Waals surface area contributed by atoms with Crippen LogP contribution in [-0.4, -0.2) is 79.1 Å². The summed E-state index contributed by atoms with van der Waals surface area (Å²) in [5.74, 6) is 0. The standard InChI is InChI=1S/C14H28N4/c15-13-3-5-16(6-4-13)7-8-17-9-11-18(12-10-17)14-1-2-14/h13-14H,1-12,15H2. The summed E-state index contributed by atoms with van der Waals surface area (Å²) in [6.45, 7) is 10.1. The van der Waals surface area contributed by atoms with Crippen molar-refractivity contribution >= 4 is 0 Å². The van der Waals surface area contributed by atoms with Crippen LogP contribution in [0.2, 0.25) is 0 Å². The van der Waals surface area contributed by atoms with Crippen LogP contribution in [0.4, 0.5) is 0 Å². The zero-order valence-corrected chi connectivity index (χ0v) is 11.6. The summed E-state index contributed by atoms with van der Waals surface area (Å²) in [6, 6.07) is 1.42. The van der Waals surface area contributed by atoms with Gasteiger partial charge in [-0.3, -0.25) is 9.80 Å². The molecule has 3 fully saturated rings. The molecule has 0 aromatic rings. The van der Waals surface area contributed by atoms with Gasteiger partial charge in [0.25, 0.3) is 0 Å². The average molecular weight is 252 g/mol. The predicted octanol–water partition coefficient (Wildman–Crippen LogP) is 0.190. The van der Waals surface area contributed by atoms with Gasteiger partial charge in [-0.1, -0.05) is 0 Å². The van der Waals surface area contributed by atoms with Gasteiger partial charge in [-0.15, -0.1) is 0 Å². The quantitative estimate of drug-likeness (QED) is 0.775. The number of piperazine rings is 1. The molecule has 4 heteroatoms. The van der Waals surface area contributed by atoms with Crippen LogP contribution in [-0.2, 0) is 0 Å². The van der Waals surface area contributed by atoms with E-state index in [2.05, 4.69) is 14.7 Å². The van der Waals surface area contributed by atoms with Crippen molar-refractivity contribution in [3.8, 4) is 0 Å². The molecule has 0 spiro atoms. The topological polar surface area (TPSA) is 35.7 Å². The average Bonchev–Trinajstić information content (AvgIpc) is 3.23. The fourth-order valence-corrected chi connectivity index (χ4v) is 3.25. The lowest BCUT2D eigenvalue weighted by Gasteiger charge is -2.37. The van der Waals surface area contributed by atoms with E-state index in [0.717, 1.165) is 6.04 Å². The molecule has 0 aromatic heterocycles. The van der Waals surface area contributed by atoms with Gasteiger partial charge in [-0.2, -0.15) is 0 Å². The zero-order chi connectivity index (χ0) is 12.4. The van der Waals surface area contributed by atoms with Gasteiger partial charge in [0.05, 0.1) is 0 Å². The fourth-order valence-electron chi connectivity index (χ4n) is 3.25. The summed E-state index contributed by atoms with van der Waals surface area (Å²) in [4.78, 5) is 7.93. The lowest BCUT2D eigenvalue weighted by molar-refractivity contribution is 0.108. The minimum atomic E-state index is 0.461. The molecule has 0 aromatic carbocycles. The summed E-state index contributed by atoms with van der Waals surface area (Å²) in [7, 11) is 0. The third-order valence-electron chi connectivity index (χ3n) is 4.83. The van der Waals surface area contributed by atoms with Crippen molar-refractivity contribution in [2.45, 2.75) is 37.8 Å². The smallest absolute Gasteiger partial charge is 0.0113 e. The first-order chi connectivity index (χ1) is 8.81. The van der Waals surface area contributed by atoms with Gasteiger partial charge in [0.1, 0.15) is 0 Å². The minimum Gasteiger partial charge on any atom is -0.328 e. The maximum atomic E-state index is 5.94. The van der Waals surface area contributed by atoms with Crippen LogP contribution in [0.5, 0.6) is 0 Å². The van der Waals surface area contributed by atoms with E-state index >= 15 is 0 Å². The molecular weight excluding hydrogens is 224 g/mol. The number of nitrogens with two attached hydrogens (primary N) is 1. The molecule has 1 aliphatic carbocycles. The Morgan fingerprint density at radius 1 is 0.722 bits per heavy atom. The van der Waals surface area contributed by atoms with Crippen molar-refractivity contribution in [2.75, 3.05) is 52.4 Å². The highest BCUT2D eigenvalue weighted by atomic mass is 15.3. The molecule has 2 N–H and O–H groups in total. The Hall–Kier alpha value is -0.160. The molecule has 104 valence electrons. The van der Waals surface area contributed by atoms with E-state index in [1.165, 1.54) is 78.0 Å². The molecule has 0 bridgehead atoms. The maximum Gasteiger partial charge on any atom is 0.0113 e. The van der Waals surface area contributed by atoms with Crippen molar-refractivity contribution in [1.82, 2.24) is 14.7 Å². The highest BCUT2D eigenvalue weighted by molar-refractivity contribution is 4.87. The molecule has 2 heterocycles. The molecule has 3 rings (SSSR count). The Labute approximate surface area is 111 Å². The Kier molecular flexibility index (Phi) is 4.19. The van der Waals surface area contributed by atoms with E-state index < -0.39 is 0 Å². The molecular formula is C14H28N4. The number of rotatable bonds is 4. The Morgan fingerprint density at radius 3 is 1.83 bits per heavy atom. The number of likely N-dealkylation sites (tertiary alicyclic amines) is 1. The highest BCUT2D eigenvalue weighted by Gasteiger charge is 2.31. The number of nitrogens with zero attached hydrogens (tertiary/aromatic N) is 3. The van der Waals surface area contributed by atoms with Crippen molar-refractivity contribution in [3.05, 3.63) is 0 Å². The van der Waals surface area contributed by atoms with Crippen LogP contribution in [0.3, 0.4) is 0 Å². The molecule has 0 atom stereocenters. The zero-order valence-electron chi connectivity index (χ0n) is 11.6. The Morgan fingerprint density at radius 2 is 1.28 bits per heavy atom. The largest absolute Gasteiger partial charge is 0.328 e. The van der Waals surface area contributed by atoms with E-state index in [1.807, 2.05) is 0 Å². The second kappa shape index (κ2) is 5.87. The van der Waals surface area contributed by atoms with Crippen LogP contribution in [0.15, 0.2) is 0 Å². The molecule has 0 radical (unpaired) electrons. The normalized spacial score (nSPS) is 29.8. The highest BCUT2D eigenvalue weighted by Crippen LogP contribution is 2.27. The van der Waals surface area contributed by atoms with Gasteiger partial charge in [0, 0.05) is 51.4 Å². The molecule has 0 amide bonds. The molecule has 18 heavy (non-hydrogen) atoms. The van der Waals surface area contributed by atoms with Gasteiger partial charge in [-0.05, 0) is 38.8 Å². The first kappa shape index (κ1) is 12.9. The van der Waals surface area contributed by atoms with E-state index in [1.54, 1.807) is 0 Å². The van der Waals surface area contributed by atoms with Crippen molar-refractivity contribution in [3.63, 3.8) is 0 Å². The summed E-state index contributed by atoms with van der Waals surface area (Å²) in [5, 5.41) is 0. The number of piperidine rings is 1.